The minimum Gasteiger partial charge on any atom is -0.337 e. The highest BCUT2D eigenvalue weighted by Crippen LogP contribution is 2.22. The number of nitrogens with zero attached hydrogens (tertiary/aromatic N) is 5. The highest BCUT2D eigenvalue weighted by atomic mass is 32.1. The Bertz CT molecular complexity index is 779. The SMILES string of the molecule is CN(C)CCN(Cc1cccnc1)C(=O)Cc1csc(N2CCNC2=O)n1. The molecule has 1 aliphatic heterocycles. The van der Waals surface area contributed by atoms with E-state index >= 15 is 0 Å². The maximum Gasteiger partial charge on any atom is 0.323 e. The van der Waals surface area contributed by atoms with Crippen LogP contribution < -0.4 is 10.2 Å². The van der Waals surface area contributed by atoms with E-state index in [1.165, 1.54) is 11.3 Å². The molecule has 0 atom stereocenters. The Morgan fingerprint density at radius 1 is 1.37 bits per heavy atom. The molecule has 3 amide bonds. The number of aromatic nitrogens is 2. The van der Waals surface area contributed by atoms with Crippen molar-refractivity contribution in [2.45, 2.75) is 13.0 Å². The first-order valence-corrected chi connectivity index (χ1v) is 9.72. The molecular formula is C18H24N6O2S. The van der Waals surface area contributed by atoms with Crippen LogP contribution in [0.15, 0.2) is 29.9 Å². The van der Waals surface area contributed by atoms with E-state index in [0.29, 0.717) is 37.0 Å². The molecule has 2 aromatic heterocycles. The lowest BCUT2D eigenvalue weighted by Gasteiger charge is -2.24. The van der Waals surface area contributed by atoms with Crippen LogP contribution in [-0.4, -0.2) is 72.0 Å². The zero-order valence-corrected chi connectivity index (χ0v) is 16.4. The van der Waals surface area contributed by atoms with E-state index in [1.54, 1.807) is 17.3 Å². The van der Waals surface area contributed by atoms with Gasteiger partial charge in [0.2, 0.25) is 5.91 Å². The predicted molar refractivity (Wildman–Crippen MR) is 105 cm³/mol. The van der Waals surface area contributed by atoms with Crippen LogP contribution in [0.1, 0.15) is 11.3 Å². The Balaban J connectivity index is 1.66. The smallest absolute Gasteiger partial charge is 0.323 e. The lowest BCUT2D eigenvalue weighted by Crippen LogP contribution is -2.37. The molecule has 0 aliphatic carbocycles. The van der Waals surface area contributed by atoms with Gasteiger partial charge < -0.3 is 15.1 Å². The third-order valence-corrected chi connectivity index (χ3v) is 5.14. The van der Waals surface area contributed by atoms with Crippen molar-refractivity contribution in [2.24, 2.45) is 0 Å². The molecule has 1 fully saturated rings. The van der Waals surface area contributed by atoms with Gasteiger partial charge in [0.1, 0.15) is 0 Å². The van der Waals surface area contributed by atoms with Gasteiger partial charge in [0.15, 0.2) is 5.13 Å². The summed E-state index contributed by atoms with van der Waals surface area (Å²) >= 11 is 1.39. The Kier molecular flexibility index (Phi) is 6.36. The third-order valence-electron chi connectivity index (χ3n) is 4.23. The van der Waals surface area contributed by atoms with Crippen molar-refractivity contribution in [3.8, 4) is 0 Å². The highest BCUT2D eigenvalue weighted by Gasteiger charge is 2.24. The first kappa shape index (κ1) is 19.2. The first-order chi connectivity index (χ1) is 13.0. The van der Waals surface area contributed by atoms with E-state index in [9.17, 15) is 9.59 Å². The van der Waals surface area contributed by atoms with Gasteiger partial charge in [-0.2, -0.15) is 0 Å². The molecule has 0 saturated carbocycles. The first-order valence-electron chi connectivity index (χ1n) is 8.84. The Morgan fingerprint density at radius 3 is 2.89 bits per heavy atom. The molecule has 0 bridgehead atoms. The van der Waals surface area contributed by atoms with Gasteiger partial charge in [0, 0.05) is 50.5 Å². The van der Waals surface area contributed by atoms with Gasteiger partial charge in [-0.25, -0.2) is 9.78 Å². The predicted octanol–water partition coefficient (Wildman–Crippen LogP) is 1.20. The summed E-state index contributed by atoms with van der Waals surface area (Å²) in [6, 6.07) is 3.71. The molecule has 8 nitrogen and oxygen atoms in total. The molecule has 1 aliphatic rings. The van der Waals surface area contributed by atoms with E-state index in [2.05, 4.69) is 20.2 Å². The summed E-state index contributed by atoms with van der Waals surface area (Å²) in [7, 11) is 3.97. The van der Waals surface area contributed by atoms with Crippen LogP contribution in [-0.2, 0) is 17.8 Å². The second kappa shape index (κ2) is 8.92. The van der Waals surface area contributed by atoms with Gasteiger partial charge in [-0.3, -0.25) is 14.7 Å². The lowest BCUT2D eigenvalue weighted by atomic mass is 10.2. The van der Waals surface area contributed by atoms with E-state index in [0.717, 1.165) is 12.1 Å². The quantitative estimate of drug-likeness (QED) is 0.735. The largest absolute Gasteiger partial charge is 0.337 e. The molecule has 3 heterocycles. The number of amides is 3. The summed E-state index contributed by atoms with van der Waals surface area (Å²) < 4.78 is 0. The maximum absolute atomic E-state index is 12.9. The van der Waals surface area contributed by atoms with Crippen LogP contribution in [0.2, 0.25) is 0 Å². The molecule has 0 aromatic carbocycles. The summed E-state index contributed by atoms with van der Waals surface area (Å²) in [4.78, 5) is 38.7. The van der Waals surface area contributed by atoms with Crippen molar-refractivity contribution in [3.05, 3.63) is 41.2 Å². The number of rotatable bonds is 8. The van der Waals surface area contributed by atoms with E-state index in [4.69, 9.17) is 0 Å². The Labute approximate surface area is 162 Å². The normalized spacial score (nSPS) is 13.9. The van der Waals surface area contributed by atoms with Crippen molar-refractivity contribution >= 4 is 28.4 Å². The van der Waals surface area contributed by atoms with Crippen LogP contribution in [0.25, 0.3) is 0 Å². The number of carbonyl (C=O) groups is 2. The third kappa shape index (κ3) is 5.24. The number of hydrogen-bond donors (Lipinski definition) is 1. The molecule has 1 N–H and O–H groups in total. The molecule has 144 valence electrons. The molecule has 0 spiro atoms. The summed E-state index contributed by atoms with van der Waals surface area (Å²) in [5, 5.41) is 5.25. The summed E-state index contributed by atoms with van der Waals surface area (Å²) in [6.07, 6.45) is 3.73. The number of carbonyl (C=O) groups excluding carboxylic acids is 2. The number of nitrogens with one attached hydrogen (secondary N) is 1. The highest BCUT2D eigenvalue weighted by molar-refractivity contribution is 7.14. The van der Waals surface area contributed by atoms with Crippen LogP contribution in [0, 0.1) is 0 Å². The number of likely N-dealkylation sites (N-methyl/N-ethyl adjacent to an activating group) is 1. The number of anilines is 1. The van der Waals surface area contributed by atoms with Gasteiger partial charge in [0.05, 0.1) is 12.1 Å². The van der Waals surface area contributed by atoms with E-state index in [-0.39, 0.29) is 18.4 Å². The average molecular weight is 388 g/mol. The van der Waals surface area contributed by atoms with E-state index in [1.807, 2.05) is 36.5 Å². The zero-order valence-electron chi connectivity index (χ0n) is 15.6. The molecule has 9 heteroatoms. The van der Waals surface area contributed by atoms with Crippen LogP contribution in [0.3, 0.4) is 0 Å². The van der Waals surface area contributed by atoms with Gasteiger partial charge >= 0.3 is 6.03 Å². The molecule has 0 unspecified atom stereocenters. The van der Waals surface area contributed by atoms with Crippen molar-refractivity contribution < 1.29 is 9.59 Å². The Morgan fingerprint density at radius 2 is 2.22 bits per heavy atom. The minimum atomic E-state index is -0.133. The fourth-order valence-electron chi connectivity index (χ4n) is 2.75. The minimum absolute atomic E-state index is 0.0171. The molecule has 3 rings (SSSR count). The van der Waals surface area contributed by atoms with Crippen LogP contribution in [0.5, 0.6) is 0 Å². The number of thiazole rings is 1. The van der Waals surface area contributed by atoms with Gasteiger partial charge in [-0.05, 0) is 25.7 Å². The second-order valence-electron chi connectivity index (χ2n) is 6.66. The fraction of sp³-hybridized carbons (Fsp3) is 0.444. The van der Waals surface area contributed by atoms with Crippen molar-refractivity contribution in [2.75, 3.05) is 45.2 Å². The number of pyridine rings is 1. The van der Waals surface area contributed by atoms with Crippen LogP contribution >= 0.6 is 11.3 Å². The zero-order chi connectivity index (χ0) is 19.2. The average Bonchev–Trinajstić information content (AvgIpc) is 3.27. The summed E-state index contributed by atoms with van der Waals surface area (Å²) in [5.74, 6) is 0.0171. The lowest BCUT2D eigenvalue weighted by molar-refractivity contribution is -0.131. The van der Waals surface area contributed by atoms with E-state index < -0.39 is 0 Å². The monoisotopic (exact) mass is 388 g/mol. The van der Waals surface area contributed by atoms with Gasteiger partial charge in [-0.15, -0.1) is 11.3 Å². The van der Waals surface area contributed by atoms with Crippen molar-refractivity contribution in [1.82, 2.24) is 25.1 Å². The summed E-state index contributed by atoms with van der Waals surface area (Å²) in [5.41, 5.74) is 1.69. The molecular weight excluding hydrogens is 364 g/mol. The fourth-order valence-corrected chi connectivity index (χ4v) is 3.60. The topological polar surface area (TPSA) is 81.7 Å². The number of urea groups is 1. The van der Waals surface area contributed by atoms with Crippen LogP contribution in [0.4, 0.5) is 9.93 Å². The molecule has 2 aromatic rings. The maximum atomic E-state index is 12.9. The van der Waals surface area contributed by atoms with Gasteiger partial charge in [0.25, 0.3) is 0 Å². The molecule has 0 radical (unpaired) electrons. The summed E-state index contributed by atoms with van der Waals surface area (Å²) in [6.45, 7) is 3.16. The Hall–Kier alpha value is -2.52. The second-order valence-corrected chi connectivity index (χ2v) is 7.50. The molecule has 1 saturated heterocycles. The van der Waals surface area contributed by atoms with Gasteiger partial charge in [-0.1, -0.05) is 6.07 Å². The number of hydrogen-bond acceptors (Lipinski definition) is 6. The molecule has 27 heavy (non-hydrogen) atoms. The van der Waals surface area contributed by atoms with Crippen molar-refractivity contribution in [3.63, 3.8) is 0 Å². The van der Waals surface area contributed by atoms with Crippen molar-refractivity contribution in [1.29, 1.82) is 0 Å². The standard InChI is InChI=1S/C18H24N6O2S/c1-22(2)8-9-23(12-14-4-3-5-19-11-14)16(25)10-15-13-27-18(21-15)24-7-6-20-17(24)26/h3-5,11,13H,6-10,12H2,1-2H3,(H,20,26).